The zero-order valence-corrected chi connectivity index (χ0v) is 8.12. The van der Waals surface area contributed by atoms with Gasteiger partial charge in [-0.25, -0.2) is 0 Å². The maximum Gasteiger partial charge on any atom is 0.0402 e. The van der Waals surface area contributed by atoms with Crippen LogP contribution in [0.4, 0.5) is 0 Å². The van der Waals surface area contributed by atoms with Crippen molar-refractivity contribution in [2.45, 2.75) is 26.7 Å². The zero-order chi connectivity index (χ0) is 9.40. The molecule has 0 radical (unpaired) electrons. The van der Waals surface area contributed by atoms with Crippen molar-refractivity contribution >= 4 is 0 Å². The Morgan fingerprint density at radius 1 is 1.17 bits per heavy atom. The van der Waals surface area contributed by atoms with Gasteiger partial charge in [0, 0.05) is 6.61 Å². The third kappa shape index (κ3) is 4.91. The van der Waals surface area contributed by atoms with Crippen molar-refractivity contribution in [1.82, 2.24) is 0 Å². The predicted octanol–water partition coefficient (Wildman–Crippen LogP) is 2.81. The second kappa shape index (κ2) is 6.86. The van der Waals surface area contributed by atoms with Crippen LogP contribution < -0.4 is 0 Å². The maximum absolute atomic E-state index is 7.57. The van der Waals surface area contributed by atoms with Crippen LogP contribution in [0, 0.1) is 0 Å². The fourth-order valence-electron chi connectivity index (χ4n) is 0.838. The molecule has 1 aromatic rings. The lowest BCUT2D eigenvalue weighted by molar-refractivity contribution is 0.318. The number of hydrogen-bond acceptors (Lipinski definition) is 1. The van der Waals surface area contributed by atoms with Crippen molar-refractivity contribution in [3.05, 3.63) is 35.9 Å². The molecule has 12 heavy (non-hydrogen) atoms. The van der Waals surface area contributed by atoms with Crippen LogP contribution in [0.5, 0.6) is 0 Å². The Morgan fingerprint density at radius 3 is 1.83 bits per heavy atom. The minimum Gasteiger partial charge on any atom is -0.397 e. The highest BCUT2D eigenvalue weighted by Gasteiger charge is 1.93. The summed E-state index contributed by atoms with van der Waals surface area (Å²) in [5.41, 5.74) is 1.41. The van der Waals surface area contributed by atoms with E-state index in [0.29, 0.717) is 5.92 Å². The second-order valence-corrected chi connectivity index (χ2v) is 2.88. The van der Waals surface area contributed by atoms with Crippen LogP contribution >= 0.6 is 0 Å². The van der Waals surface area contributed by atoms with Crippen LogP contribution in [-0.2, 0) is 0 Å². The summed E-state index contributed by atoms with van der Waals surface area (Å²) in [4.78, 5) is 0. The molecule has 1 rings (SSSR count). The van der Waals surface area contributed by atoms with Crippen molar-refractivity contribution in [1.29, 1.82) is 0 Å². The largest absolute Gasteiger partial charge is 0.397 e. The molecule has 0 amide bonds. The molecule has 0 unspecified atom stereocenters. The Bertz CT molecular complexity index is 179. The van der Waals surface area contributed by atoms with Gasteiger partial charge in [0.25, 0.3) is 0 Å². The molecule has 0 atom stereocenters. The van der Waals surface area contributed by atoms with E-state index in [2.05, 4.69) is 38.1 Å². The Labute approximate surface area is 75.1 Å². The van der Waals surface area contributed by atoms with Gasteiger partial charge in [-0.2, -0.15) is 0 Å². The minimum absolute atomic E-state index is 0.250. The van der Waals surface area contributed by atoms with Gasteiger partial charge < -0.3 is 5.11 Å². The van der Waals surface area contributed by atoms with E-state index in [4.69, 9.17) is 5.11 Å². The fourth-order valence-corrected chi connectivity index (χ4v) is 0.838. The van der Waals surface area contributed by atoms with Crippen LogP contribution in [0.25, 0.3) is 0 Å². The molecule has 0 heterocycles. The number of rotatable bonds is 1. The number of aliphatic hydroxyl groups is 1. The summed E-state index contributed by atoms with van der Waals surface area (Å²) in [6.07, 6.45) is 0. The lowest BCUT2D eigenvalue weighted by atomic mass is 10.0. The molecule has 1 aromatic carbocycles. The van der Waals surface area contributed by atoms with Crippen LogP contribution in [0.3, 0.4) is 0 Å². The standard InChI is InChI=1S/C9H12.C2H6O/c1-8(2)9-6-4-3-5-7-9;1-2-3/h3-8H,1-2H3;3H,2H2,1H3. The first-order chi connectivity index (χ1) is 5.72. The van der Waals surface area contributed by atoms with Gasteiger partial charge in [0.15, 0.2) is 0 Å². The maximum atomic E-state index is 7.57. The van der Waals surface area contributed by atoms with E-state index in [9.17, 15) is 0 Å². The zero-order valence-electron chi connectivity index (χ0n) is 8.12. The number of hydrogen-bond donors (Lipinski definition) is 1. The van der Waals surface area contributed by atoms with Gasteiger partial charge in [-0.15, -0.1) is 0 Å². The summed E-state index contributed by atoms with van der Waals surface area (Å²) >= 11 is 0. The van der Waals surface area contributed by atoms with E-state index in [0.717, 1.165) is 0 Å². The van der Waals surface area contributed by atoms with Gasteiger partial charge in [-0.1, -0.05) is 44.2 Å². The first-order valence-electron chi connectivity index (χ1n) is 4.38. The normalized spacial score (nSPS) is 9.08. The summed E-state index contributed by atoms with van der Waals surface area (Å²) in [5, 5.41) is 7.57. The Kier molecular flexibility index (Phi) is 6.39. The Balaban J connectivity index is 0.000000354. The molecular formula is C11H18O. The summed E-state index contributed by atoms with van der Waals surface area (Å²) in [6, 6.07) is 10.5. The van der Waals surface area contributed by atoms with Gasteiger partial charge >= 0.3 is 0 Å². The van der Waals surface area contributed by atoms with Gasteiger partial charge in [0.1, 0.15) is 0 Å². The van der Waals surface area contributed by atoms with Gasteiger partial charge in [-0.3, -0.25) is 0 Å². The van der Waals surface area contributed by atoms with Crippen molar-refractivity contribution < 1.29 is 5.11 Å². The molecule has 0 bridgehead atoms. The van der Waals surface area contributed by atoms with E-state index in [1.165, 1.54) is 5.56 Å². The minimum atomic E-state index is 0.250. The van der Waals surface area contributed by atoms with Crippen LogP contribution in [-0.4, -0.2) is 11.7 Å². The first-order valence-corrected chi connectivity index (χ1v) is 4.38. The molecule has 0 aliphatic heterocycles. The molecule has 68 valence electrons. The average Bonchev–Trinajstić information content (AvgIpc) is 2.07. The summed E-state index contributed by atoms with van der Waals surface area (Å²) in [5.74, 6) is 0.659. The van der Waals surface area contributed by atoms with E-state index >= 15 is 0 Å². The molecule has 0 aliphatic carbocycles. The molecule has 0 spiro atoms. The van der Waals surface area contributed by atoms with Crippen LogP contribution in [0.1, 0.15) is 32.3 Å². The first kappa shape index (κ1) is 11.2. The molecule has 1 N–H and O–H groups in total. The Morgan fingerprint density at radius 2 is 1.58 bits per heavy atom. The summed E-state index contributed by atoms with van der Waals surface area (Å²) in [6.45, 7) is 6.34. The van der Waals surface area contributed by atoms with E-state index in [1.807, 2.05) is 6.07 Å². The summed E-state index contributed by atoms with van der Waals surface area (Å²) in [7, 11) is 0. The average molecular weight is 166 g/mol. The lowest BCUT2D eigenvalue weighted by Crippen LogP contribution is -1.83. The SMILES string of the molecule is CC(C)c1ccccc1.CCO. The van der Waals surface area contributed by atoms with Gasteiger partial charge in [0.2, 0.25) is 0 Å². The van der Waals surface area contributed by atoms with Crippen molar-refractivity contribution in [3.63, 3.8) is 0 Å². The van der Waals surface area contributed by atoms with Crippen molar-refractivity contribution in [2.24, 2.45) is 0 Å². The fraction of sp³-hybridized carbons (Fsp3) is 0.455. The Hall–Kier alpha value is -0.820. The van der Waals surface area contributed by atoms with Crippen molar-refractivity contribution in [3.8, 4) is 0 Å². The predicted molar refractivity (Wildman–Crippen MR) is 53.3 cm³/mol. The quantitative estimate of drug-likeness (QED) is 0.680. The number of aliphatic hydroxyl groups excluding tert-OH is 1. The number of benzene rings is 1. The third-order valence-electron chi connectivity index (χ3n) is 1.47. The molecule has 0 saturated heterocycles. The molecule has 0 fully saturated rings. The van der Waals surface area contributed by atoms with Gasteiger partial charge in [-0.05, 0) is 18.4 Å². The van der Waals surface area contributed by atoms with E-state index < -0.39 is 0 Å². The highest BCUT2D eigenvalue weighted by Crippen LogP contribution is 2.11. The van der Waals surface area contributed by atoms with Crippen LogP contribution in [0.15, 0.2) is 30.3 Å². The van der Waals surface area contributed by atoms with Crippen molar-refractivity contribution in [2.75, 3.05) is 6.61 Å². The second-order valence-electron chi connectivity index (χ2n) is 2.88. The van der Waals surface area contributed by atoms with E-state index in [1.54, 1.807) is 6.92 Å². The summed E-state index contributed by atoms with van der Waals surface area (Å²) < 4.78 is 0. The molecule has 1 nitrogen and oxygen atoms in total. The smallest absolute Gasteiger partial charge is 0.0402 e. The topological polar surface area (TPSA) is 20.2 Å². The molecule has 1 heteroatoms. The molecule has 0 aromatic heterocycles. The highest BCUT2D eigenvalue weighted by molar-refractivity contribution is 5.17. The molecule has 0 aliphatic rings. The van der Waals surface area contributed by atoms with E-state index in [-0.39, 0.29) is 6.61 Å². The molecule has 0 saturated carbocycles. The lowest BCUT2D eigenvalue weighted by Gasteiger charge is -2.01. The molecular weight excluding hydrogens is 148 g/mol. The monoisotopic (exact) mass is 166 g/mol. The highest BCUT2D eigenvalue weighted by atomic mass is 16.2. The van der Waals surface area contributed by atoms with Crippen LogP contribution in [0.2, 0.25) is 0 Å². The third-order valence-corrected chi connectivity index (χ3v) is 1.47. The van der Waals surface area contributed by atoms with Gasteiger partial charge in [0.05, 0.1) is 0 Å².